The monoisotopic (exact) mass is 178 g/mol. The predicted molar refractivity (Wildman–Crippen MR) is 43.2 cm³/mol. The smallest absolute Gasteiger partial charge is 0.172 e. The van der Waals surface area contributed by atoms with Crippen LogP contribution in [-0.4, -0.2) is 25.5 Å². The van der Waals surface area contributed by atoms with Crippen molar-refractivity contribution in [2.75, 3.05) is 12.3 Å². The zero-order valence-electron chi connectivity index (χ0n) is 6.00. The summed E-state index contributed by atoms with van der Waals surface area (Å²) in [5.41, 5.74) is 0. The predicted octanol–water partition coefficient (Wildman–Crippen LogP) is 1.36. The normalized spacial score (nSPS) is 49.9. The molecule has 10 heavy (non-hydrogen) atoms. The molecule has 2 aliphatic heterocycles. The minimum absolute atomic E-state index is 0.293. The van der Waals surface area contributed by atoms with E-state index in [1.165, 1.54) is 0 Å². The van der Waals surface area contributed by atoms with E-state index in [0.29, 0.717) is 0 Å². The third kappa shape index (κ3) is 0.609. The van der Waals surface area contributed by atoms with Crippen LogP contribution in [0.25, 0.3) is 0 Å². The molecule has 2 fully saturated rings. The molecule has 0 aliphatic carbocycles. The number of hydrogen-bond acceptors (Lipinski definition) is 2. The third-order valence-electron chi connectivity index (χ3n) is 2.74. The second-order valence-electron chi connectivity index (χ2n) is 3.35. The average molecular weight is 178 g/mol. The van der Waals surface area contributed by atoms with Gasteiger partial charge in [-0.3, -0.25) is 0 Å². The summed E-state index contributed by atoms with van der Waals surface area (Å²) in [6.07, 6.45) is 3.82. The van der Waals surface area contributed by atoms with Gasteiger partial charge in [-0.05, 0) is 32.1 Å². The molecule has 58 valence electrons. The molecule has 2 bridgehead atoms. The van der Waals surface area contributed by atoms with Crippen molar-refractivity contribution in [2.24, 2.45) is 0 Å². The first-order valence-electron chi connectivity index (χ1n) is 3.56. The Hall–Kier alpha value is 0.380. The molecule has 0 aromatic carbocycles. The molecule has 2 saturated heterocycles. The molecule has 2 rings (SSSR count). The van der Waals surface area contributed by atoms with Crippen molar-refractivity contribution in [2.45, 2.75) is 24.5 Å². The Kier molecular flexibility index (Phi) is 1.24. The van der Waals surface area contributed by atoms with Crippen LogP contribution in [0.1, 0.15) is 19.8 Å². The summed E-state index contributed by atoms with van der Waals surface area (Å²) in [7, 11) is -3.22. The topological polar surface area (TPSA) is 34.1 Å². The van der Waals surface area contributed by atoms with E-state index in [9.17, 15) is 8.42 Å². The molecule has 0 spiro atoms. The highest BCUT2D eigenvalue weighted by Crippen LogP contribution is 2.65. The molecular formula is C6H11O2PS. The van der Waals surface area contributed by atoms with E-state index in [1.807, 2.05) is 6.92 Å². The lowest BCUT2D eigenvalue weighted by atomic mass is 10.1. The van der Waals surface area contributed by atoms with Crippen LogP contribution in [0.5, 0.6) is 0 Å². The number of rotatable bonds is 0. The third-order valence-corrected chi connectivity index (χ3v) is 11.0. The van der Waals surface area contributed by atoms with Crippen molar-refractivity contribution in [3.63, 3.8) is 0 Å². The minimum Gasteiger partial charge on any atom is -0.224 e. The molecule has 0 unspecified atom stereocenters. The van der Waals surface area contributed by atoms with E-state index in [2.05, 4.69) is 0 Å². The van der Waals surface area contributed by atoms with Gasteiger partial charge in [0.15, 0.2) is 9.46 Å². The van der Waals surface area contributed by atoms with Crippen LogP contribution in [0.15, 0.2) is 0 Å². The molecule has 2 heterocycles. The van der Waals surface area contributed by atoms with Crippen molar-refractivity contribution >= 4 is 16.6 Å². The SMILES string of the molecule is CC12CCP(CC1)S2(=O)=O. The van der Waals surface area contributed by atoms with E-state index in [-0.39, 0.29) is 4.75 Å². The van der Waals surface area contributed by atoms with Gasteiger partial charge in [0.2, 0.25) is 0 Å². The largest absolute Gasteiger partial charge is 0.224 e. The summed E-state index contributed by atoms with van der Waals surface area (Å²) in [5, 5.41) is 0. The van der Waals surface area contributed by atoms with Crippen LogP contribution < -0.4 is 0 Å². The lowest BCUT2D eigenvalue weighted by Crippen LogP contribution is -2.25. The molecule has 0 atom stereocenters. The summed E-state index contributed by atoms with van der Waals surface area (Å²) in [6, 6.07) is 0. The number of fused-ring (bicyclic) bond motifs is 2. The summed E-state index contributed by atoms with van der Waals surface area (Å²) in [4.78, 5) is 0. The standard InChI is InChI=1S/C6H11O2PS/c1-6-2-4-9(5-3-6)10(6,7)8/h2-5H2,1H3. The molecule has 0 saturated carbocycles. The Morgan fingerprint density at radius 1 is 1.30 bits per heavy atom. The quantitative estimate of drug-likeness (QED) is 0.525. The summed E-state index contributed by atoms with van der Waals surface area (Å²) in [5.74, 6) is 0. The zero-order valence-corrected chi connectivity index (χ0v) is 7.71. The molecule has 0 aromatic rings. The highest BCUT2D eigenvalue weighted by molar-refractivity contribution is 8.51. The van der Waals surface area contributed by atoms with E-state index in [1.54, 1.807) is 0 Å². The van der Waals surface area contributed by atoms with Crippen LogP contribution >= 0.6 is 7.12 Å². The molecule has 4 heteroatoms. The first-order valence-corrected chi connectivity index (χ1v) is 7.36. The van der Waals surface area contributed by atoms with Gasteiger partial charge in [-0.1, -0.05) is 0 Å². The highest BCUT2D eigenvalue weighted by Gasteiger charge is 2.55. The molecule has 0 radical (unpaired) electrons. The molecule has 0 aromatic heterocycles. The number of hydrogen-bond donors (Lipinski definition) is 0. The Morgan fingerprint density at radius 2 is 1.80 bits per heavy atom. The summed E-state index contributed by atoms with van der Waals surface area (Å²) >= 11 is 0. The lowest BCUT2D eigenvalue weighted by molar-refractivity contribution is 0.534. The Morgan fingerprint density at radius 3 is 1.90 bits per heavy atom. The Balaban J connectivity index is 2.57. The fourth-order valence-corrected chi connectivity index (χ4v) is 10.0. The highest BCUT2D eigenvalue weighted by atomic mass is 32.8. The van der Waals surface area contributed by atoms with Crippen molar-refractivity contribution in [3.8, 4) is 0 Å². The van der Waals surface area contributed by atoms with Crippen molar-refractivity contribution in [1.82, 2.24) is 0 Å². The van der Waals surface area contributed by atoms with E-state index >= 15 is 0 Å². The first-order chi connectivity index (χ1) is 4.56. The van der Waals surface area contributed by atoms with Gasteiger partial charge in [-0.25, -0.2) is 8.42 Å². The van der Waals surface area contributed by atoms with Crippen LogP contribution in [0.3, 0.4) is 0 Å². The molecular weight excluding hydrogens is 167 g/mol. The van der Waals surface area contributed by atoms with Crippen LogP contribution in [0.4, 0.5) is 0 Å². The molecule has 2 nitrogen and oxygen atoms in total. The maximum atomic E-state index is 11.5. The summed E-state index contributed by atoms with van der Waals surface area (Å²) < 4.78 is 22.7. The van der Waals surface area contributed by atoms with Gasteiger partial charge in [-0.2, -0.15) is 0 Å². The second kappa shape index (κ2) is 1.75. The Bertz CT molecular complexity index is 249. The van der Waals surface area contributed by atoms with Crippen molar-refractivity contribution < 1.29 is 8.42 Å². The zero-order chi connectivity index (χ0) is 7.41. The van der Waals surface area contributed by atoms with Crippen molar-refractivity contribution in [3.05, 3.63) is 0 Å². The van der Waals surface area contributed by atoms with E-state index in [4.69, 9.17) is 0 Å². The fraction of sp³-hybridized carbons (Fsp3) is 1.00. The van der Waals surface area contributed by atoms with Gasteiger partial charge in [0.25, 0.3) is 0 Å². The van der Waals surface area contributed by atoms with Gasteiger partial charge >= 0.3 is 0 Å². The fourth-order valence-electron chi connectivity index (χ4n) is 1.77. The van der Waals surface area contributed by atoms with Crippen LogP contribution in [0, 0.1) is 0 Å². The van der Waals surface area contributed by atoms with Crippen LogP contribution in [-0.2, 0) is 9.46 Å². The first kappa shape index (κ1) is 7.05. The molecule has 0 N–H and O–H groups in total. The van der Waals surface area contributed by atoms with Crippen molar-refractivity contribution in [1.29, 1.82) is 0 Å². The van der Waals surface area contributed by atoms with Gasteiger partial charge in [0.1, 0.15) is 0 Å². The van der Waals surface area contributed by atoms with E-state index in [0.717, 1.165) is 25.2 Å². The van der Waals surface area contributed by atoms with Crippen LogP contribution in [0.2, 0.25) is 0 Å². The second-order valence-corrected chi connectivity index (χ2v) is 10.1. The molecule has 0 amide bonds. The average Bonchev–Trinajstić information content (AvgIpc) is 2.18. The Labute approximate surface area is 62.4 Å². The minimum atomic E-state index is -2.63. The van der Waals surface area contributed by atoms with Gasteiger partial charge in [0, 0.05) is 7.12 Å². The molecule has 2 aliphatic rings. The van der Waals surface area contributed by atoms with Gasteiger partial charge in [0.05, 0.1) is 4.75 Å². The maximum Gasteiger partial charge on any atom is 0.172 e. The lowest BCUT2D eigenvalue weighted by Gasteiger charge is -2.16. The maximum absolute atomic E-state index is 11.5. The summed E-state index contributed by atoms with van der Waals surface area (Å²) in [6.45, 7) is 1.91. The van der Waals surface area contributed by atoms with Gasteiger partial charge in [-0.15, -0.1) is 0 Å². The van der Waals surface area contributed by atoms with E-state index < -0.39 is 16.6 Å². The van der Waals surface area contributed by atoms with Gasteiger partial charge < -0.3 is 0 Å².